The maximum Gasteiger partial charge on any atom is 0.245 e. The monoisotopic (exact) mass is 316 g/mol. The van der Waals surface area contributed by atoms with Crippen LogP contribution in [0.25, 0.3) is 0 Å². The number of nitrogens with two attached hydrogens (primary N) is 1. The number of rotatable bonds is 4. The Bertz CT molecular complexity index is 573. The standard InChI is InChI=1S/C14H21ClN2O2S/c1-2-5-12-6-3-4-9-17(12)20(18,19)14-8-7-11(15)10-13(14)16/h7-8,10,12H,2-6,9,16H2,1H3. The van der Waals surface area contributed by atoms with Crippen molar-refractivity contribution in [2.45, 2.75) is 50.0 Å². The molecule has 1 heterocycles. The molecule has 0 spiro atoms. The van der Waals surface area contributed by atoms with Crippen molar-refractivity contribution in [1.82, 2.24) is 4.31 Å². The van der Waals surface area contributed by atoms with Crippen molar-refractivity contribution in [2.24, 2.45) is 0 Å². The van der Waals surface area contributed by atoms with Gasteiger partial charge in [0.2, 0.25) is 10.0 Å². The fourth-order valence-corrected chi connectivity index (χ4v) is 4.80. The minimum absolute atomic E-state index is 0.0915. The van der Waals surface area contributed by atoms with Crippen LogP contribution in [0.2, 0.25) is 5.02 Å². The highest BCUT2D eigenvalue weighted by Crippen LogP contribution is 2.31. The van der Waals surface area contributed by atoms with Gasteiger partial charge in [0.05, 0.1) is 5.69 Å². The van der Waals surface area contributed by atoms with Gasteiger partial charge in [-0.15, -0.1) is 0 Å². The van der Waals surface area contributed by atoms with E-state index in [1.54, 1.807) is 10.4 Å². The number of halogens is 1. The van der Waals surface area contributed by atoms with Crippen molar-refractivity contribution < 1.29 is 8.42 Å². The molecule has 1 unspecified atom stereocenters. The highest BCUT2D eigenvalue weighted by Gasteiger charge is 2.33. The van der Waals surface area contributed by atoms with E-state index in [2.05, 4.69) is 6.92 Å². The van der Waals surface area contributed by atoms with Crippen LogP contribution >= 0.6 is 11.6 Å². The third-order valence-electron chi connectivity index (χ3n) is 3.75. The van der Waals surface area contributed by atoms with Gasteiger partial charge < -0.3 is 5.73 Å². The Morgan fingerprint density at radius 3 is 2.80 bits per heavy atom. The van der Waals surface area contributed by atoms with Crippen LogP contribution in [-0.4, -0.2) is 25.3 Å². The largest absolute Gasteiger partial charge is 0.398 e. The quantitative estimate of drug-likeness (QED) is 0.867. The molecule has 4 nitrogen and oxygen atoms in total. The first-order chi connectivity index (χ1) is 9.46. The molecular formula is C14H21ClN2O2S. The minimum Gasteiger partial charge on any atom is -0.398 e. The van der Waals surface area contributed by atoms with Crippen LogP contribution in [-0.2, 0) is 10.0 Å². The van der Waals surface area contributed by atoms with Crippen molar-refractivity contribution >= 4 is 27.3 Å². The molecule has 6 heteroatoms. The molecular weight excluding hydrogens is 296 g/mol. The predicted molar refractivity (Wildman–Crippen MR) is 82.3 cm³/mol. The lowest BCUT2D eigenvalue weighted by Crippen LogP contribution is -2.43. The maximum atomic E-state index is 12.8. The van der Waals surface area contributed by atoms with Crippen molar-refractivity contribution in [1.29, 1.82) is 0 Å². The first kappa shape index (κ1) is 15.6. The molecule has 1 fully saturated rings. The van der Waals surface area contributed by atoms with Crippen LogP contribution in [0.5, 0.6) is 0 Å². The van der Waals surface area contributed by atoms with Crippen molar-refractivity contribution in [3.8, 4) is 0 Å². The van der Waals surface area contributed by atoms with Gasteiger partial charge in [-0.25, -0.2) is 8.42 Å². The Morgan fingerprint density at radius 2 is 2.15 bits per heavy atom. The fourth-order valence-electron chi connectivity index (χ4n) is 2.79. The van der Waals surface area contributed by atoms with E-state index in [4.69, 9.17) is 17.3 Å². The molecule has 1 aromatic rings. The molecule has 1 aliphatic rings. The van der Waals surface area contributed by atoms with E-state index >= 15 is 0 Å². The average molecular weight is 317 g/mol. The van der Waals surface area contributed by atoms with E-state index in [-0.39, 0.29) is 16.6 Å². The number of piperidine rings is 1. The second kappa shape index (κ2) is 6.33. The number of anilines is 1. The zero-order chi connectivity index (χ0) is 14.8. The summed E-state index contributed by atoms with van der Waals surface area (Å²) in [7, 11) is -3.53. The first-order valence-corrected chi connectivity index (χ1v) is 8.85. The lowest BCUT2D eigenvalue weighted by molar-refractivity contribution is 0.239. The average Bonchev–Trinajstić information content (AvgIpc) is 2.39. The third kappa shape index (κ3) is 3.10. The lowest BCUT2D eigenvalue weighted by Gasteiger charge is -2.34. The summed E-state index contributed by atoms with van der Waals surface area (Å²) in [5.41, 5.74) is 6.06. The summed E-state index contributed by atoms with van der Waals surface area (Å²) in [5, 5.41) is 0.449. The van der Waals surface area contributed by atoms with Gasteiger partial charge in [-0.3, -0.25) is 0 Å². The molecule has 0 radical (unpaired) electrons. The normalized spacial score (nSPS) is 21.0. The van der Waals surface area contributed by atoms with Crippen molar-refractivity contribution in [2.75, 3.05) is 12.3 Å². The lowest BCUT2D eigenvalue weighted by atomic mass is 10.0. The van der Waals surface area contributed by atoms with Crippen LogP contribution in [0, 0.1) is 0 Å². The fraction of sp³-hybridized carbons (Fsp3) is 0.571. The molecule has 0 aromatic heterocycles. The molecule has 0 bridgehead atoms. The number of hydrogen-bond donors (Lipinski definition) is 1. The number of benzene rings is 1. The highest BCUT2D eigenvalue weighted by atomic mass is 35.5. The van der Waals surface area contributed by atoms with Gasteiger partial charge in [0.1, 0.15) is 4.90 Å². The molecule has 1 aromatic carbocycles. The van der Waals surface area contributed by atoms with Gasteiger partial charge in [0.15, 0.2) is 0 Å². The van der Waals surface area contributed by atoms with E-state index in [1.807, 2.05) is 0 Å². The summed E-state index contributed by atoms with van der Waals surface area (Å²) in [5.74, 6) is 0. The van der Waals surface area contributed by atoms with Gasteiger partial charge in [0.25, 0.3) is 0 Å². The maximum absolute atomic E-state index is 12.8. The molecule has 2 N–H and O–H groups in total. The van der Waals surface area contributed by atoms with Gasteiger partial charge >= 0.3 is 0 Å². The summed E-state index contributed by atoms with van der Waals surface area (Å²) in [4.78, 5) is 0.171. The molecule has 112 valence electrons. The molecule has 1 aliphatic heterocycles. The van der Waals surface area contributed by atoms with Crippen molar-refractivity contribution in [3.05, 3.63) is 23.2 Å². The topological polar surface area (TPSA) is 63.4 Å². The highest BCUT2D eigenvalue weighted by molar-refractivity contribution is 7.89. The molecule has 2 rings (SSSR count). The minimum atomic E-state index is -3.53. The second-order valence-electron chi connectivity index (χ2n) is 5.24. The Balaban J connectivity index is 2.37. The Morgan fingerprint density at radius 1 is 1.40 bits per heavy atom. The predicted octanol–water partition coefficient (Wildman–Crippen LogP) is 3.27. The van der Waals surface area contributed by atoms with Gasteiger partial charge in [-0.05, 0) is 37.5 Å². The van der Waals surface area contributed by atoms with Gasteiger partial charge in [-0.2, -0.15) is 4.31 Å². The van der Waals surface area contributed by atoms with E-state index in [1.165, 1.54) is 12.1 Å². The number of nitrogens with zero attached hydrogens (tertiary/aromatic N) is 1. The van der Waals surface area contributed by atoms with Crippen LogP contribution in [0.4, 0.5) is 5.69 Å². The molecule has 0 saturated carbocycles. The molecule has 0 amide bonds. The van der Waals surface area contributed by atoms with Crippen LogP contribution in [0.3, 0.4) is 0 Å². The Hall–Kier alpha value is -0.780. The molecule has 0 aliphatic carbocycles. The van der Waals surface area contributed by atoms with E-state index < -0.39 is 10.0 Å². The van der Waals surface area contributed by atoms with Crippen LogP contribution in [0.15, 0.2) is 23.1 Å². The summed E-state index contributed by atoms with van der Waals surface area (Å²) in [6.07, 6.45) is 4.81. The summed E-state index contributed by atoms with van der Waals surface area (Å²) in [6.45, 7) is 2.66. The summed E-state index contributed by atoms with van der Waals surface area (Å²) in [6, 6.07) is 4.66. The number of nitrogen functional groups attached to an aromatic ring is 1. The third-order valence-corrected chi connectivity index (χ3v) is 6.01. The van der Waals surface area contributed by atoms with E-state index in [0.29, 0.717) is 11.6 Å². The summed E-state index contributed by atoms with van der Waals surface area (Å²) >= 11 is 5.84. The first-order valence-electron chi connectivity index (χ1n) is 7.03. The van der Waals surface area contributed by atoms with Crippen LogP contribution in [0.1, 0.15) is 39.0 Å². The molecule has 1 saturated heterocycles. The second-order valence-corrected chi connectivity index (χ2v) is 7.53. The van der Waals surface area contributed by atoms with Gasteiger partial charge in [0, 0.05) is 17.6 Å². The Labute approximate surface area is 126 Å². The van der Waals surface area contributed by atoms with Crippen molar-refractivity contribution in [3.63, 3.8) is 0 Å². The number of sulfonamides is 1. The SMILES string of the molecule is CCCC1CCCCN1S(=O)(=O)c1ccc(Cl)cc1N. The number of hydrogen-bond acceptors (Lipinski definition) is 3. The van der Waals surface area contributed by atoms with E-state index in [0.717, 1.165) is 32.1 Å². The molecule has 1 atom stereocenters. The zero-order valence-corrected chi connectivity index (χ0v) is 13.3. The van der Waals surface area contributed by atoms with Gasteiger partial charge in [-0.1, -0.05) is 31.4 Å². The van der Waals surface area contributed by atoms with Crippen LogP contribution < -0.4 is 5.73 Å². The Kier molecular flexibility index (Phi) is 4.94. The molecule has 20 heavy (non-hydrogen) atoms. The smallest absolute Gasteiger partial charge is 0.245 e. The zero-order valence-electron chi connectivity index (χ0n) is 11.7. The summed E-state index contributed by atoms with van der Waals surface area (Å²) < 4.78 is 27.2. The van der Waals surface area contributed by atoms with E-state index in [9.17, 15) is 8.42 Å².